The first-order valence-corrected chi connectivity index (χ1v) is 8.27. The van der Waals surface area contributed by atoms with Crippen molar-refractivity contribution in [3.05, 3.63) is 33.9 Å². The lowest BCUT2D eigenvalue weighted by molar-refractivity contribution is -0.384. The van der Waals surface area contributed by atoms with Crippen LogP contribution in [-0.4, -0.2) is 35.1 Å². The Bertz CT molecular complexity index is 655. The molecule has 1 aliphatic carbocycles. The summed E-state index contributed by atoms with van der Waals surface area (Å²) in [5.74, 6) is -1.26. The number of nitro groups is 1. The molecular weight excluding hydrogens is 328 g/mol. The number of aliphatic carboxylic acids is 1. The van der Waals surface area contributed by atoms with Crippen LogP contribution in [0.15, 0.2) is 18.2 Å². The highest BCUT2D eigenvalue weighted by Crippen LogP contribution is 2.26. The number of amides is 1. The summed E-state index contributed by atoms with van der Waals surface area (Å²) in [6.07, 6.45) is 4.47. The first kappa shape index (κ1) is 18.7. The molecule has 0 heterocycles. The van der Waals surface area contributed by atoms with Crippen LogP contribution in [0.4, 0.5) is 5.69 Å². The number of carbonyl (C=O) groups excluding carboxylic acids is 1. The Morgan fingerprint density at radius 1 is 1.36 bits per heavy atom. The fraction of sp³-hybridized carbons (Fsp3) is 0.529. The van der Waals surface area contributed by atoms with Crippen LogP contribution in [0, 0.1) is 16.0 Å². The van der Waals surface area contributed by atoms with Crippen molar-refractivity contribution in [1.82, 2.24) is 5.32 Å². The molecule has 0 saturated heterocycles. The van der Waals surface area contributed by atoms with E-state index < -0.39 is 16.9 Å². The molecule has 1 atom stereocenters. The summed E-state index contributed by atoms with van der Waals surface area (Å²) in [5, 5.41) is 22.9. The molecule has 8 heteroatoms. The maximum absolute atomic E-state index is 12.3. The summed E-state index contributed by atoms with van der Waals surface area (Å²) in [5.41, 5.74) is 0.214. The Morgan fingerprint density at radius 3 is 2.60 bits per heavy atom. The maximum atomic E-state index is 12.3. The van der Waals surface area contributed by atoms with Crippen molar-refractivity contribution >= 4 is 17.6 Å². The molecule has 2 rings (SSSR count). The zero-order valence-corrected chi connectivity index (χ0v) is 14.1. The predicted octanol–water partition coefficient (Wildman–Crippen LogP) is 2.30. The number of rotatable bonds is 7. The lowest BCUT2D eigenvalue weighted by atomic mass is 9.88. The third kappa shape index (κ3) is 4.91. The molecule has 1 aromatic rings. The highest BCUT2D eigenvalue weighted by molar-refractivity contribution is 5.85. The molecule has 0 radical (unpaired) electrons. The molecule has 0 aliphatic heterocycles. The van der Waals surface area contributed by atoms with Crippen LogP contribution in [0.3, 0.4) is 0 Å². The summed E-state index contributed by atoms with van der Waals surface area (Å²) in [4.78, 5) is 34.2. The van der Waals surface area contributed by atoms with Gasteiger partial charge in [0.25, 0.3) is 5.69 Å². The van der Waals surface area contributed by atoms with Crippen LogP contribution >= 0.6 is 0 Å². The molecule has 136 valence electrons. The largest absolute Gasteiger partial charge is 0.496 e. The zero-order valence-electron chi connectivity index (χ0n) is 14.1. The number of carboxylic acids is 1. The first-order chi connectivity index (χ1) is 11.9. The van der Waals surface area contributed by atoms with E-state index in [0.29, 0.717) is 11.3 Å². The van der Waals surface area contributed by atoms with E-state index in [1.165, 1.54) is 25.3 Å². The lowest BCUT2D eigenvalue weighted by Gasteiger charge is -2.23. The monoisotopic (exact) mass is 350 g/mol. The third-order valence-corrected chi connectivity index (χ3v) is 4.49. The molecular formula is C17H22N2O6. The van der Waals surface area contributed by atoms with Crippen LogP contribution in [0.5, 0.6) is 5.75 Å². The molecule has 25 heavy (non-hydrogen) atoms. The zero-order chi connectivity index (χ0) is 18.4. The van der Waals surface area contributed by atoms with Gasteiger partial charge in [-0.2, -0.15) is 0 Å². The molecule has 1 amide bonds. The van der Waals surface area contributed by atoms with Gasteiger partial charge < -0.3 is 15.2 Å². The Balaban J connectivity index is 2.15. The highest BCUT2D eigenvalue weighted by atomic mass is 16.6. The van der Waals surface area contributed by atoms with Crippen molar-refractivity contribution in [3.8, 4) is 5.75 Å². The number of carboxylic acid groups (broad SMARTS) is 1. The Kier molecular flexibility index (Phi) is 6.32. The summed E-state index contributed by atoms with van der Waals surface area (Å²) in [6, 6.07) is 2.83. The molecule has 0 aromatic heterocycles. The van der Waals surface area contributed by atoms with Gasteiger partial charge in [-0.15, -0.1) is 0 Å². The predicted molar refractivity (Wildman–Crippen MR) is 89.5 cm³/mol. The minimum atomic E-state index is -1.18. The van der Waals surface area contributed by atoms with E-state index in [9.17, 15) is 24.8 Å². The summed E-state index contributed by atoms with van der Waals surface area (Å²) >= 11 is 0. The highest BCUT2D eigenvalue weighted by Gasteiger charge is 2.27. The summed E-state index contributed by atoms with van der Waals surface area (Å²) < 4.78 is 5.15. The van der Waals surface area contributed by atoms with E-state index in [2.05, 4.69) is 5.32 Å². The molecule has 1 fully saturated rings. The van der Waals surface area contributed by atoms with Gasteiger partial charge in [-0.25, -0.2) is 4.79 Å². The van der Waals surface area contributed by atoms with E-state index in [-0.39, 0.29) is 23.9 Å². The van der Waals surface area contributed by atoms with Gasteiger partial charge in [-0.1, -0.05) is 19.3 Å². The number of hydrogen-bond donors (Lipinski definition) is 2. The first-order valence-electron chi connectivity index (χ1n) is 8.27. The minimum Gasteiger partial charge on any atom is -0.496 e. The van der Waals surface area contributed by atoms with Gasteiger partial charge in [-0.3, -0.25) is 14.9 Å². The number of benzene rings is 1. The number of methoxy groups -OCH3 is 1. The van der Waals surface area contributed by atoms with Crippen LogP contribution in [-0.2, 0) is 16.0 Å². The second kappa shape index (κ2) is 8.46. The Hall–Kier alpha value is -2.64. The average molecular weight is 350 g/mol. The second-order valence-corrected chi connectivity index (χ2v) is 6.19. The van der Waals surface area contributed by atoms with E-state index in [1.807, 2.05) is 0 Å². The third-order valence-electron chi connectivity index (χ3n) is 4.49. The smallest absolute Gasteiger partial charge is 0.326 e. The standard InChI is InChI=1S/C17H22N2O6/c1-25-15-8-7-13(19(23)24)9-12(15)10-14(17(21)22)18-16(20)11-5-3-2-4-6-11/h7-9,11,14H,2-6,10H2,1H3,(H,18,20)(H,21,22)/t14-/m0/s1. The quantitative estimate of drug-likeness (QED) is 0.575. The molecule has 2 N–H and O–H groups in total. The topological polar surface area (TPSA) is 119 Å². The average Bonchev–Trinajstić information content (AvgIpc) is 2.61. The molecule has 0 unspecified atom stereocenters. The lowest BCUT2D eigenvalue weighted by Crippen LogP contribution is -2.45. The van der Waals surface area contributed by atoms with Gasteiger partial charge in [0.15, 0.2) is 0 Å². The number of non-ortho nitro benzene ring substituents is 1. The fourth-order valence-corrected chi connectivity index (χ4v) is 3.11. The van der Waals surface area contributed by atoms with Gasteiger partial charge in [-0.05, 0) is 18.9 Å². The SMILES string of the molecule is COc1ccc([N+](=O)[O-])cc1C[C@H](NC(=O)C1CCCCC1)C(=O)O. The van der Waals surface area contributed by atoms with Gasteiger partial charge in [0, 0.05) is 30.0 Å². The molecule has 8 nitrogen and oxygen atoms in total. The molecule has 1 saturated carbocycles. The number of nitrogens with zero attached hydrogens (tertiary/aromatic N) is 1. The van der Waals surface area contributed by atoms with Crippen molar-refractivity contribution in [2.45, 2.75) is 44.6 Å². The van der Waals surface area contributed by atoms with Gasteiger partial charge in [0.1, 0.15) is 11.8 Å². The van der Waals surface area contributed by atoms with Crippen molar-refractivity contribution in [1.29, 1.82) is 0 Å². The Morgan fingerprint density at radius 2 is 2.04 bits per heavy atom. The van der Waals surface area contributed by atoms with E-state index >= 15 is 0 Å². The number of carbonyl (C=O) groups is 2. The van der Waals surface area contributed by atoms with Crippen molar-refractivity contribution < 1.29 is 24.4 Å². The van der Waals surface area contributed by atoms with E-state index in [4.69, 9.17) is 4.74 Å². The van der Waals surface area contributed by atoms with Crippen LogP contribution in [0.2, 0.25) is 0 Å². The van der Waals surface area contributed by atoms with Gasteiger partial charge >= 0.3 is 5.97 Å². The summed E-state index contributed by atoms with van der Waals surface area (Å²) in [7, 11) is 1.40. The molecule has 1 aliphatic rings. The fourth-order valence-electron chi connectivity index (χ4n) is 3.11. The number of ether oxygens (including phenoxy) is 1. The number of hydrogen-bond acceptors (Lipinski definition) is 5. The summed E-state index contributed by atoms with van der Waals surface area (Å²) in [6.45, 7) is 0. The van der Waals surface area contributed by atoms with Crippen LogP contribution in [0.1, 0.15) is 37.7 Å². The van der Waals surface area contributed by atoms with Gasteiger partial charge in [0.2, 0.25) is 5.91 Å². The van der Waals surface area contributed by atoms with Crippen molar-refractivity contribution in [2.24, 2.45) is 5.92 Å². The van der Waals surface area contributed by atoms with Gasteiger partial charge in [0.05, 0.1) is 12.0 Å². The number of nitro benzene ring substituents is 1. The minimum absolute atomic E-state index is 0.0847. The van der Waals surface area contributed by atoms with E-state index in [0.717, 1.165) is 32.1 Å². The second-order valence-electron chi connectivity index (χ2n) is 6.19. The normalized spacial score (nSPS) is 16.0. The van der Waals surface area contributed by atoms with Crippen molar-refractivity contribution in [3.63, 3.8) is 0 Å². The maximum Gasteiger partial charge on any atom is 0.326 e. The van der Waals surface area contributed by atoms with Crippen LogP contribution in [0.25, 0.3) is 0 Å². The Labute approximate surface area is 145 Å². The molecule has 1 aromatic carbocycles. The number of nitrogens with one attached hydrogen (secondary N) is 1. The van der Waals surface area contributed by atoms with Crippen molar-refractivity contribution in [2.75, 3.05) is 7.11 Å². The molecule has 0 spiro atoms. The molecule has 0 bridgehead atoms. The van der Waals surface area contributed by atoms with Crippen LogP contribution < -0.4 is 10.1 Å². The van der Waals surface area contributed by atoms with E-state index in [1.54, 1.807) is 0 Å².